The van der Waals surface area contributed by atoms with Gasteiger partial charge in [0.1, 0.15) is 0 Å². The predicted molar refractivity (Wildman–Crippen MR) is 81.3 cm³/mol. The molecule has 0 aromatic heterocycles. The van der Waals surface area contributed by atoms with E-state index in [4.69, 9.17) is 0 Å². The van der Waals surface area contributed by atoms with Crippen molar-refractivity contribution in [2.24, 2.45) is 15.9 Å². The van der Waals surface area contributed by atoms with Gasteiger partial charge in [-0.15, -0.1) is 0 Å². The van der Waals surface area contributed by atoms with Gasteiger partial charge in [-0.25, -0.2) is 14.6 Å². The van der Waals surface area contributed by atoms with E-state index >= 15 is 0 Å². The number of isocyanates is 2. The maximum Gasteiger partial charge on any atom is 0.240 e. The quantitative estimate of drug-likeness (QED) is 0.625. The molecule has 0 bridgehead atoms. The Morgan fingerprint density at radius 1 is 1.10 bits per heavy atom. The molecule has 1 aliphatic carbocycles. The first kappa shape index (κ1) is 15.4. The summed E-state index contributed by atoms with van der Waals surface area (Å²) < 4.78 is 0. The molecule has 21 heavy (non-hydrogen) atoms. The second-order valence-corrected chi connectivity index (χ2v) is 5.82. The number of rotatable bonds is 4. The van der Waals surface area contributed by atoms with Crippen molar-refractivity contribution < 1.29 is 9.59 Å². The smallest absolute Gasteiger partial charge is 0.211 e. The third-order valence-corrected chi connectivity index (χ3v) is 4.50. The van der Waals surface area contributed by atoms with Crippen molar-refractivity contribution in [3.05, 3.63) is 28.8 Å². The first-order chi connectivity index (χ1) is 10.2. The molecule has 4 nitrogen and oxygen atoms in total. The molecule has 0 N–H and O–H groups in total. The molecule has 4 heteroatoms. The van der Waals surface area contributed by atoms with Crippen LogP contribution in [0, 0.1) is 19.8 Å². The highest BCUT2D eigenvalue weighted by molar-refractivity contribution is 5.60. The minimum absolute atomic E-state index is 0.144. The van der Waals surface area contributed by atoms with Crippen molar-refractivity contribution in [1.82, 2.24) is 0 Å². The Bertz CT molecular complexity index is 603. The summed E-state index contributed by atoms with van der Waals surface area (Å²) in [4.78, 5) is 28.7. The van der Waals surface area contributed by atoms with Gasteiger partial charge < -0.3 is 0 Å². The minimum atomic E-state index is 0.144. The minimum Gasteiger partial charge on any atom is -0.211 e. The lowest BCUT2D eigenvalue weighted by atomic mass is 9.82. The van der Waals surface area contributed by atoms with Gasteiger partial charge >= 0.3 is 0 Å². The first-order valence-electron chi connectivity index (χ1n) is 7.39. The van der Waals surface area contributed by atoms with Crippen LogP contribution < -0.4 is 0 Å². The number of benzene rings is 1. The Morgan fingerprint density at radius 2 is 1.81 bits per heavy atom. The Labute approximate surface area is 125 Å². The van der Waals surface area contributed by atoms with Crippen LogP contribution in [0.2, 0.25) is 0 Å². The molecule has 1 fully saturated rings. The molecular formula is C17H20N2O2. The lowest BCUT2D eigenvalue weighted by Crippen LogP contribution is -2.18. The van der Waals surface area contributed by atoms with Gasteiger partial charge in [0.25, 0.3) is 0 Å². The molecule has 0 unspecified atom stereocenters. The monoisotopic (exact) mass is 284 g/mol. The molecule has 0 spiro atoms. The first-order valence-corrected chi connectivity index (χ1v) is 7.39. The average molecular weight is 284 g/mol. The third-order valence-electron chi connectivity index (χ3n) is 4.50. The van der Waals surface area contributed by atoms with E-state index in [2.05, 4.69) is 22.1 Å². The maximum absolute atomic E-state index is 10.7. The van der Waals surface area contributed by atoms with Crippen molar-refractivity contribution >= 4 is 17.8 Å². The molecule has 2 rings (SSSR count). The van der Waals surface area contributed by atoms with Crippen molar-refractivity contribution in [2.45, 2.75) is 52.0 Å². The summed E-state index contributed by atoms with van der Waals surface area (Å²) in [6.07, 6.45) is 8.23. The summed E-state index contributed by atoms with van der Waals surface area (Å²) in [7, 11) is 0. The van der Waals surface area contributed by atoms with E-state index in [1.807, 2.05) is 13.8 Å². The van der Waals surface area contributed by atoms with E-state index in [0.29, 0.717) is 5.92 Å². The third kappa shape index (κ3) is 3.75. The highest BCUT2D eigenvalue weighted by Gasteiger charge is 2.22. The van der Waals surface area contributed by atoms with E-state index < -0.39 is 0 Å². The fraction of sp³-hybridized carbons (Fsp3) is 0.529. The second kappa shape index (κ2) is 7.12. The van der Waals surface area contributed by atoms with Crippen LogP contribution in [-0.2, 0) is 16.0 Å². The van der Waals surface area contributed by atoms with Crippen LogP contribution in [0.5, 0.6) is 0 Å². The fourth-order valence-corrected chi connectivity index (χ4v) is 3.09. The zero-order chi connectivity index (χ0) is 15.2. The number of aryl methyl sites for hydroxylation is 1. The van der Waals surface area contributed by atoms with Crippen LogP contribution in [0.25, 0.3) is 0 Å². The molecule has 0 amide bonds. The van der Waals surface area contributed by atoms with Gasteiger partial charge in [0, 0.05) is 0 Å². The fourth-order valence-electron chi connectivity index (χ4n) is 3.09. The van der Waals surface area contributed by atoms with Gasteiger partial charge in [-0.1, -0.05) is 12.1 Å². The molecule has 1 aromatic carbocycles. The lowest BCUT2D eigenvalue weighted by molar-refractivity contribution is 0.325. The van der Waals surface area contributed by atoms with E-state index in [9.17, 15) is 9.59 Å². The lowest BCUT2D eigenvalue weighted by Gasteiger charge is -2.26. The number of hydrogen-bond acceptors (Lipinski definition) is 4. The molecule has 1 aromatic rings. The Kier molecular flexibility index (Phi) is 5.21. The van der Waals surface area contributed by atoms with Crippen LogP contribution in [0.15, 0.2) is 22.1 Å². The molecule has 1 aliphatic rings. The predicted octanol–water partition coefficient (Wildman–Crippen LogP) is 3.71. The van der Waals surface area contributed by atoms with Crippen LogP contribution >= 0.6 is 0 Å². The summed E-state index contributed by atoms with van der Waals surface area (Å²) in [5.74, 6) is 0.561. The van der Waals surface area contributed by atoms with Crippen LogP contribution in [0.3, 0.4) is 0 Å². The molecule has 110 valence electrons. The Balaban J connectivity index is 2.12. The Morgan fingerprint density at radius 3 is 2.43 bits per heavy atom. The highest BCUT2D eigenvalue weighted by Crippen LogP contribution is 2.33. The zero-order valence-electron chi connectivity index (χ0n) is 12.6. The summed E-state index contributed by atoms with van der Waals surface area (Å²) in [5.41, 5.74) is 4.08. The van der Waals surface area contributed by atoms with E-state index in [1.165, 1.54) is 0 Å². The average Bonchev–Trinajstić information content (AvgIpc) is 2.49. The van der Waals surface area contributed by atoms with Crippen molar-refractivity contribution in [1.29, 1.82) is 0 Å². The SMILES string of the molecule is Cc1ccc(CC2CCC(N=C=O)CC2)c(N=C=O)c1C. The number of hydrogen-bond donors (Lipinski definition) is 0. The maximum atomic E-state index is 10.7. The summed E-state index contributed by atoms with van der Waals surface area (Å²) >= 11 is 0. The normalized spacial score (nSPS) is 21.2. The highest BCUT2D eigenvalue weighted by atomic mass is 16.1. The van der Waals surface area contributed by atoms with Gasteiger partial charge in [-0.3, -0.25) is 0 Å². The molecule has 0 aliphatic heterocycles. The van der Waals surface area contributed by atoms with Gasteiger partial charge in [0.05, 0.1) is 11.7 Å². The largest absolute Gasteiger partial charge is 0.240 e. The zero-order valence-corrected chi connectivity index (χ0v) is 12.6. The van der Waals surface area contributed by atoms with Crippen molar-refractivity contribution in [2.75, 3.05) is 0 Å². The standard InChI is InChI=1S/C17H20N2O2/c1-12-3-6-15(17(13(12)2)19-11-21)9-14-4-7-16(8-5-14)18-10-20/h3,6,14,16H,4-5,7-9H2,1-2H3. The van der Waals surface area contributed by atoms with Crippen LogP contribution in [0.1, 0.15) is 42.4 Å². The topological polar surface area (TPSA) is 58.9 Å². The van der Waals surface area contributed by atoms with Crippen molar-refractivity contribution in [3.63, 3.8) is 0 Å². The van der Waals surface area contributed by atoms with Gasteiger partial charge in [0.15, 0.2) is 0 Å². The van der Waals surface area contributed by atoms with Gasteiger partial charge in [0.2, 0.25) is 12.2 Å². The summed E-state index contributed by atoms with van der Waals surface area (Å²) in [6.45, 7) is 4.01. The number of aliphatic imine (C=N–C) groups is 2. The molecule has 0 atom stereocenters. The van der Waals surface area contributed by atoms with E-state index in [1.54, 1.807) is 12.2 Å². The second-order valence-electron chi connectivity index (χ2n) is 5.82. The Hall–Kier alpha value is -2.02. The molecule has 1 saturated carbocycles. The van der Waals surface area contributed by atoms with E-state index in [0.717, 1.165) is 54.5 Å². The van der Waals surface area contributed by atoms with E-state index in [-0.39, 0.29) is 6.04 Å². The summed E-state index contributed by atoms with van der Waals surface area (Å²) in [6, 6.07) is 4.29. The molecule has 0 saturated heterocycles. The summed E-state index contributed by atoms with van der Waals surface area (Å²) in [5, 5.41) is 0. The molecule has 0 radical (unpaired) electrons. The van der Waals surface area contributed by atoms with Crippen LogP contribution in [-0.4, -0.2) is 18.2 Å². The van der Waals surface area contributed by atoms with Gasteiger partial charge in [-0.05, 0) is 68.6 Å². The molecular weight excluding hydrogens is 264 g/mol. The van der Waals surface area contributed by atoms with Gasteiger partial charge in [-0.2, -0.15) is 4.99 Å². The number of nitrogens with zero attached hydrogens (tertiary/aromatic N) is 2. The van der Waals surface area contributed by atoms with Crippen molar-refractivity contribution in [3.8, 4) is 0 Å². The van der Waals surface area contributed by atoms with Crippen LogP contribution in [0.4, 0.5) is 5.69 Å². The molecule has 0 heterocycles. The number of carbonyl (C=O) groups excluding carboxylic acids is 2.